The molecule has 0 saturated heterocycles. The van der Waals surface area contributed by atoms with Crippen molar-refractivity contribution in [2.75, 3.05) is 11.3 Å². The van der Waals surface area contributed by atoms with E-state index in [4.69, 9.17) is 4.42 Å². The second-order valence-electron chi connectivity index (χ2n) is 4.81. The summed E-state index contributed by atoms with van der Waals surface area (Å²) in [4.78, 5) is 0. The van der Waals surface area contributed by atoms with E-state index in [1.807, 2.05) is 0 Å². The number of aromatic amines is 1. The van der Waals surface area contributed by atoms with Crippen LogP contribution in [0.2, 0.25) is 0 Å². The van der Waals surface area contributed by atoms with Gasteiger partial charge in [0.25, 0.3) is 10.0 Å². The summed E-state index contributed by atoms with van der Waals surface area (Å²) in [6.45, 7) is 6.90. The first kappa shape index (κ1) is 15.6. The van der Waals surface area contributed by atoms with Crippen LogP contribution >= 0.6 is 0 Å². The molecular formula is C13H20N4O3S. The lowest BCUT2D eigenvalue weighted by molar-refractivity contribution is 0.403. The van der Waals surface area contributed by atoms with Gasteiger partial charge in [-0.3, -0.25) is 9.82 Å². The zero-order valence-corrected chi connectivity index (χ0v) is 13.2. The highest BCUT2D eigenvalue weighted by Gasteiger charge is 2.21. The SMILES string of the molecule is CCCNCc1ccc(S(=O)(=O)Nc2c(C)n[nH]c2C)o1. The van der Waals surface area contributed by atoms with E-state index in [9.17, 15) is 8.42 Å². The molecular weight excluding hydrogens is 292 g/mol. The molecule has 2 rings (SSSR count). The molecule has 0 aliphatic heterocycles. The first-order valence-electron chi connectivity index (χ1n) is 6.78. The molecule has 0 aliphatic rings. The van der Waals surface area contributed by atoms with Crippen LogP contribution in [-0.4, -0.2) is 25.2 Å². The number of H-pyrrole nitrogens is 1. The summed E-state index contributed by atoms with van der Waals surface area (Å²) in [5.41, 5.74) is 1.71. The molecule has 0 saturated carbocycles. The topological polar surface area (TPSA) is 100 Å². The Morgan fingerprint density at radius 1 is 1.33 bits per heavy atom. The van der Waals surface area contributed by atoms with E-state index in [1.54, 1.807) is 19.9 Å². The summed E-state index contributed by atoms with van der Waals surface area (Å²) >= 11 is 0. The lowest BCUT2D eigenvalue weighted by Gasteiger charge is -2.05. The normalized spacial score (nSPS) is 11.8. The third kappa shape index (κ3) is 3.64. The van der Waals surface area contributed by atoms with Crippen LogP contribution < -0.4 is 10.0 Å². The van der Waals surface area contributed by atoms with Gasteiger partial charge in [0, 0.05) is 0 Å². The summed E-state index contributed by atoms with van der Waals surface area (Å²) in [7, 11) is -3.74. The number of sulfonamides is 1. The molecule has 7 nitrogen and oxygen atoms in total. The summed E-state index contributed by atoms with van der Waals surface area (Å²) < 4.78 is 32.4. The maximum atomic E-state index is 12.3. The van der Waals surface area contributed by atoms with Gasteiger partial charge in [-0.05, 0) is 38.9 Å². The van der Waals surface area contributed by atoms with Crippen LogP contribution in [0.5, 0.6) is 0 Å². The standard InChI is InChI=1S/C13H20N4O3S/c1-4-7-14-8-11-5-6-12(20-11)21(18,19)17-13-9(2)15-16-10(13)3/h5-6,14,17H,4,7-8H2,1-3H3,(H,15,16). The molecule has 2 aromatic heterocycles. The number of rotatable bonds is 7. The number of anilines is 1. The second-order valence-corrected chi connectivity index (χ2v) is 6.43. The molecule has 8 heteroatoms. The van der Waals surface area contributed by atoms with Crippen molar-refractivity contribution in [1.82, 2.24) is 15.5 Å². The molecule has 0 unspecified atom stereocenters. The number of hydrogen-bond acceptors (Lipinski definition) is 5. The fourth-order valence-corrected chi connectivity index (χ4v) is 3.01. The predicted molar refractivity (Wildman–Crippen MR) is 79.6 cm³/mol. The third-order valence-electron chi connectivity index (χ3n) is 2.99. The zero-order valence-electron chi connectivity index (χ0n) is 12.4. The summed E-state index contributed by atoms with van der Waals surface area (Å²) in [6.07, 6.45) is 1.01. The van der Waals surface area contributed by atoms with Gasteiger partial charge in [-0.2, -0.15) is 13.5 Å². The Balaban J connectivity index is 2.13. The lowest BCUT2D eigenvalue weighted by atomic mass is 10.3. The maximum absolute atomic E-state index is 12.3. The van der Waals surface area contributed by atoms with Gasteiger partial charge in [0.1, 0.15) is 5.76 Å². The highest BCUT2D eigenvalue weighted by Crippen LogP contribution is 2.22. The monoisotopic (exact) mass is 312 g/mol. The molecule has 3 N–H and O–H groups in total. The highest BCUT2D eigenvalue weighted by atomic mass is 32.2. The Labute approximate surface area is 124 Å². The van der Waals surface area contributed by atoms with Crippen LogP contribution in [0.15, 0.2) is 21.6 Å². The van der Waals surface area contributed by atoms with Gasteiger partial charge in [-0.1, -0.05) is 6.92 Å². The molecule has 2 heterocycles. The minimum atomic E-state index is -3.74. The van der Waals surface area contributed by atoms with Crippen molar-refractivity contribution < 1.29 is 12.8 Å². The van der Waals surface area contributed by atoms with Gasteiger partial charge >= 0.3 is 0 Å². The molecule has 116 valence electrons. The van der Waals surface area contributed by atoms with Crippen molar-refractivity contribution in [2.45, 2.75) is 38.8 Å². The van der Waals surface area contributed by atoms with Crippen LogP contribution in [0.4, 0.5) is 5.69 Å². The van der Waals surface area contributed by atoms with Gasteiger partial charge in [-0.25, -0.2) is 0 Å². The van der Waals surface area contributed by atoms with E-state index >= 15 is 0 Å². The second kappa shape index (κ2) is 6.31. The van der Waals surface area contributed by atoms with Gasteiger partial charge in [0.05, 0.1) is 23.6 Å². The average molecular weight is 312 g/mol. The average Bonchev–Trinajstić information content (AvgIpc) is 3.02. The van der Waals surface area contributed by atoms with Crippen molar-refractivity contribution >= 4 is 15.7 Å². The van der Waals surface area contributed by atoms with Crippen LogP contribution in [0.3, 0.4) is 0 Å². The Morgan fingerprint density at radius 2 is 2.10 bits per heavy atom. The molecule has 2 aromatic rings. The maximum Gasteiger partial charge on any atom is 0.295 e. The first-order valence-corrected chi connectivity index (χ1v) is 8.26. The Kier molecular flexibility index (Phi) is 4.69. The van der Waals surface area contributed by atoms with Crippen molar-refractivity contribution in [3.63, 3.8) is 0 Å². The molecule has 0 spiro atoms. The van der Waals surface area contributed by atoms with Crippen molar-refractivity contribution in [3.05, 3.63) is 29.3 Å². The Hall–Kier alpha value is -1.80. The van der Waals surface area contributed by atoms with Crippen LogP contribution in [0.1, 0.15) is 30.5 Å². The lowest BCUT2D eigenvalue weighted by Crippen LogP contribution is -2.14. The Bertz CT molecular complexity index is 683. The molecule has 0 bridgehead atoms. The van der Waals surface area contributed by atoms with E-state index in [-0.39, 0.29) is 5.09 Å². The van der Waals surface area contributed by atoms with E-state index < -0.39 is 10.0 Å². The smallest absolute Gasteiger partial charge is 0.295 e. The Morgan fingerprint density at radius 3 is 2.71 bits per heavy atom. The molecule has 0 aromatic carbocycles. The number of aryl methyl sites for hydroxylation is 2. The van der Waals surface area contributed by atoms with Crippen molar-refractivity contribution in [2.24, 2.45) is 0 Å². The fraction of sp³-hybridized carbons (Fsp3) is 0.462. The van der Waals surface area contributed by atoms with Crippen molar-refractivity contribution in [1.29, 1.82) is 0 Å². The predicted octanol–water partition coefficient (Wildman–Crippen LogP) is 1.92. The summed E-state index contributed by atoms with van der Waals surface area (Å²) in [6, 6.07) is 3.11. The summed E-state index contributed by atoms with van der Waals surface area (Å²) in [5.74, 6) is 0.587. The van der Waals surface area contributed by atoms with Crippen LogP contribution in [0.25, 0.3) is 0 Å². The minimum absolute atomic E-state index is 0.101. The number of furan rings is 1. The van der Waals surface area contributed by atoms with Crippen LogP contribution in [0, 0.1) is 13.8 Å². The number of nitrogens with one attached hydrogen (secondary N) is 3. The fourth-order valence-electron chi connectivity index (χ4n) is 1.87. The molecule has 0 aliphatic carbocycles. The number of nitrogens with zero attached hydrogens (tertiary/aromatic N) is 1. The van der Waals surface area contributed by atoms with Gasteiger partial charge in [0.2, 0.25) is 5.09 Å². The molecule has 0 atom stereocenters. The van der Waals surface area contributed by atoms with E-state index in [0.717, 1.165) is 13.0 Å². The van der Waals surface area contributed by atoms with Gasteiger partial charge < -0.3 is 9.73 Å². The minimum Gasteiger partial charge on any atom is -0.446 e. The van der Waals surface area contributed by atoms with Crippen LogP contribution in [-0.2, 0) is 16.6 Å². The van der Waals surface area contributed by atoms with E-state index in [2.05, 4.69) is 27.2 Å². The quantitative estimate of drug-likeness (QED) is 0.678. The third-order valence-corrected chi connectivity index (χ3v) is 4.21. The molecule has 0 fully saturated rings. The number of aromatic nitrogens is 2. The molecule has 21 heavy (non-hydrogen) atoms. The van der Waals surface area contributed by atoms with E-state index in [0.29, 0.717) is 29.4 Å². The first-order chi connectivity index (χ1) is 9.94. The zero-order chi connectivity index (χ0) is 15.5. The molecule has 0 amide bonds. The summed E-state index contributed by atoms with van der Waals surface area (Å²) in [5, 5.41) is 9.74. The highest BCUT2D eigenvalue weighted by molar-refractivity contribution is 7.92. The van der Waals surface area contributed by atoms with Crippen molar-refractivity contribution in [3.8, 4) is 0 Å². The molecule has 0 radical (unpaired) electrons. The van der Waals surface area contributed by atoms with Gasteiger partial charge in [0.15, 0.2) is 0 Å². The van der Waals surface area contributed by atoms with E-state index in [1.165, 1.54) is 6.07 Å². The largest absolute Gasteiger partial charge is 0.446 e. The number of hydrogen-bond donors (Lipinski definition) is 3. The van der Waals surface area contributed by atoms with Gasteiger partial charge in [-0.15, -0.1) is 0 Å².